The summed E-state index contributed by atoms with van der Waals surface area (Å²) in [6.07, 6.45) is 0. The average molecular weight is 400 g/mol. The molecule has 0 spiro atoms. The van der Waals surface area contributed by atoms with Crippen molar-refractivity contribution in [2.45, 2.75) is 13.5 Å². The van der Waals surface area contributed by atoms with Gasteiger partial charge in [0.15, 0.2) is 0 Å². The molecule has 2 aromatic carbocycles. The van der Waals surface area contributed by atoms with Crippen molar-refractivity contribution in [3.05, 3.63) is 53.6 Å². The molecule has 0 saturated carbocycles. The van der Waals surface area contributed by atoms with Crippen LogP contribution in [-0.2, 0) is 11.3 Å². The number of fused-ring (bicyclic) bond motifs is 1. The summed E-state index contributed by atoms with van der Waals surface area (Å²) in [6, 6.07) is 10.00. The van der Waals surface area contributed by atoms with Crippen molar-refractivity contribution < 1.29 is 13.6 Å². The molecule has 0 bridgehead atoms. The first-order chi connectivity index (χ1) is 13.9. The summed E-state index contributed by atoms with van der Waals surface area (Å²) >= 11 is 0. The number of anilines is 3. The van der Waals surface area contributed by atoms with Gasteiger partial charge >= 0.3 is 0 Å². The van der Waals surface area contributed by atoms with E-state index < -0.39 is 11.6 Å². The lowest BCUT2D eigenvalue weighted by molar-refractivity contribution is -0.129. The molecule has 0 N–H and O–H groups in total. The highest BCUT2D eigenvalue weighted by atomic mass is 19.1. The molecule has 2 aromatic rings. The number of hydrogen-bond donors (Lipinski definition) is 0. The summed E-state index contributed by atoms with van der Waals surface area (Å²) in [7, 11) is 2.05. The van der Waals surface area contributed by atoms with Crippen LogP contribution in [0.15, 0.2) is 36.4 Å². The summed E-state index contributed by atoms with van der Waals surface area (Å²) in [6.45, 7) is 6.81. The van der Waals surface area contributed by atoms with Gasteiger partial charge in [-0.2, -0.15) is 0 Å². The molecule has 0 aromatic heterocycles. The lowest BCUT2D eigenvalue weighted by Crippen LogP contribution is -2.48. The van der Waals surface area contributed by atoms with Crippen LogP contribution < -0.4 is 9.80 Å². The first kappa shape index (κ1) is 19.6. The van der Waals surface area contributed by atoms with Crippen LogP contribution in [0.4, 0.5) is 25.8 Å². The summed E-state index contributed by atoms with van der Waals surface area (Å²) in [5, 5.41) is 0. The molecular weight excluding hydrogens is 374 g/mol. The number of amides is 1. The Morgan fingerprint density at radius 2 is 1.62 bits per heavy atom. The van der Waals surface area contributed by atoms with Crippen LogP contribution in [0.5, 0.6) is 0 Å². The third-order valence-corrected chi connectivity index (χ3v) is 5.79. The van der Waals surface area contributed by atoms with E-state index in [1.807, 2.05) is 22.9 Å². The van der Waals surface area contributed by atoms with E-state index in [-0.39, 0.29) is 5.91 Å². The molecule has 2 aliphatic rings. The van der Waals surface area contributed by atoms with Crippen molar-refractivity contribution in [1.82, 2.24) is 9.80 Å². The van der Waals surface area contributed by atoms with Crippen LogP contribution >= 0.6 is 0 Å². The smallest absolute Gasteiger partial charge is 0.219 e. The maximum atomic E-state index is 14.5. The number of halogens is 2. The number of hydrogen-bond acceptors (Lipinski definition) is 4. The second kappa shape index (κ2) is 7.99. The highest BCUT2D eigenvalue weighted by Crippen LogP contribution is 2.35. The predicted molar refractivity (Wildman–Crippen MR) is 111 cm³/mol. The minimum Gasteiger partial charge on any atom is -0.368 e. The Hall–Kier alpha value is -2.67. The summed E-state index contributed by atoms with van der Waals surface area (Å²) in [5.41, 5.74) is 3.57. The minimum absolute atomic E-state index is 0.116. The molecule has 1 saturated heterocycles. The maximum Gasteiger partial charge on any atom is 0.219 e. The van der Waals surface area contributed by atoms with E-state index in [0.717, 1.165) is 62.3 Å². The van der Waals surface area contributed by atoms with E-state index in [1.165, 1.54) is 12.1 Å². The van der Waals surface area contributed by atoms with Crippen LogP contribution in [0.3, 0.4) is 0 Å². The zero-order valence-electron chi connectivity index (χ0n) is 16.9. The molecule has 1 fully saturated rings. The summed E-state index contributed by atoms with van der Waals surface area (Å²) in [5.74, 6) is -1.01. The van der Waals surface area contributed by atoms with Crippen molar-refractivity contribution in [2.24, 2.45) is 0 Å². The van der Waals surface area contributed by atoms with Gasteiger partial charge in [0, 0.05) is 70.2 Å². The van der Waals surface area contributed by atoms with E-state index in [4.69, 9.17) is 0 Å². The topological polar surface area (TPSA) is 30.0 Å². The molecule has 154 valence electrons. The molecule has 1 amide bonds. The Morgan fingerprint density at radius 3 is 2.31 bits per heavy atom. The fraction of sp³-hybridized carbons (Fsp3) is 0.409. The molecule has 7 heteroatoms. The number of carbonyl (C=O) groups is 1. The standard InChI is InChI=1S/C22H26F2N4O/c1-16(29)26-8-10-27(11-9-26)19-4-6-21-17(13-19)15-25(2)7-12-28(21)22-5-3-18(23)14-20(22)24/h3-6,13-14H,7-12,15H2,1-2H3. The molecule has 2 aliphatic heterocycles. The second-order valence-electron chi connectivity index (χ2n) is 7.79. The maximum absolute atomic E-state index is 14.5. The Bertz CT molecular complexity index is 912. The monoisotopic (exact) mass is 400 g/mol. The molecule has 4 rings (SSSR count). The van der Waals surface area contributed by atoms with Gasteiger partial charge in [0.2, 0.25) is 5.91 Å². The van der Waals surface area contributed by atoms with E-state index in [0.29, 0.717) is 12.2 Å². The van der Waals surface area contributed by atoms with Gasteiger partial charge in [-0.25, -0.2) is 8.78 Å². The first-order valence-corrected chi connectivity index (χ1v) is 9.97. The van der Waals surface area contributed by atoms with Crippen LogP contribution in [0, 0.1) is 11.6 Å². The number of nitrogens with zero attached hydrogens (tertiary/aromatic N) is 4. The molecular formula is C22H26F2N4O. The first-order valence-electron chi connectivity index (χ1n) is 9.97. The van der Waals surface area contributed by atoms with Crippen molar-refractivity contribution in [3.63, 3.8) is 0 Å². The van der Waals surface area contributed by atoms with Crippen LogP contribution in [-0.4, -0.2) is 62.0 Å². The number of benzene rings is 2. The number of likely N-dealkylation sites (N-methyl/N-ethyl adjacent to an activating group) is 1. The fourth-order valence-corrected chi connectivity index (χ4v) is 4.15. The molecule has 0 aliphatic carbocycles. The van der Waals surface area contributed by atoms with Crippen molar-refractivity contribution in [2.75, 3.05) is 56.1 Å². The summed E-state index contributed by atoms with van der Waals surface area (Å²) in [4.78, 5) is 19.9. The zero-order valence-corrected chi connectivity index (χ0v) is 16.9. The average Bonchev–Trinajstić information content (AvgIpc) is 2.86. The van der Waals surface area contributed by atoms with Gasteiger partial charge in [0.25, 0.3) is 0 Å². The van der Waals surface area contributed by atoms with Crippen LogP contribution in [0.2, 0.25) is 0 Å². The molecule has 5 nitrogen and oxygen atoms in total. The van der Waals surface area contributed by atoms with Crippen molar-refractivity contribution in [3.8, 4) is 0 Å². The Kier molecular flexibility index (Phi) is 5.41. The minimum atomic E-state index is -0.571. The van der Waals surface area contributed by atoms with E-state index in [9.17, 15) is 13.6 Å². The second-order valence-corrected chi connectivity index (χ2v) is 7.79. The lowest BCUT2D eigenvalue weighted by Gasteiger charge is -2.36. The number of piperazine rings is 1. The normalized spacial score (nSPS) is 17.9. The van der Waals surface area contributed by atoms with Crippen molar-refractivity contribution >= 4 is 23.0 Å². The number of carbonyl (C=O) groups excluding carboxylic acids is 1. The van der Waals surface area contributed by atoms with Gasteiger partial charge in [-0.1, -0.05) is 0 Å². The van der Waals surface area contributed by atoms with Gasteiger partial charge in [-0.3, -0.25) is 4.79 Å². The largest absolute Gasteiger partial charge is 0.368 e. The fourth-order valence-electron chi connectivity index (χ4n) is 4.15. The van der Waals surface area contributed by atoms with Gasteiger partial charge in [0.05, 0.1) is 5.69 Å². The van der Waals surface area contributed by atoms with Gasteiger partial charge in [-0.15, -0.1) is 0 Å². The van der Waals surface area contributed by atoms with Crippen LogP contribution in [0.1, 0.15) is 12.5 Å². The van der Waals surface area contributed by atoms with Gasteiger partial charge in [0.1, 0.15) is 11.6 Å². The van der Waals surface area contributed by atoms with Gasteiger partial charge < -0.3 is 19.6 Å². The molecule has 0 radical (unpaired) electrons. The third kappa shape index (κ3) is 4.05. The molecule has 29 heavy (non-hydrogen) atoms. The Morgan fingerprint density at radius 1 is 0.897 bits per heavy atom. The quantitative estimate of drug-likeness (QED) is 0.775. The molecule has 0 atom stereocenters. The highest BCUT2D eigenvalue weighted by Gasteiger charge is 2.24. The third-order valence-electron chi connectivity index (χ3n) is 5.79. The Balaban J connectivity index is 1.64. The van der Waals surface area contributed by atoms with E-state index in [1.54, 1.807) is 6.92 Å². The van der Waals surface area contributed by atoms with E-state index in [2.05, 4.69) is 21.9 Å². The zero-order chi connectivity index (χ0) is 20.5. The highest BCUT2D eigenvalue weighted by molar-refractivity contribution is 5.74. The van der Waals surface area contributed by atoms with Gasteiger partial charge in [-0.05, 0) is 42.9 Å². The van der Waals surface area contributed by atoms with E-state index >= 15 is 0 Å². The Labute approximate surface area is 170 Å². The molecule has 0 unspecified atom stereocenters. The van der Waals surface area contributed by atoms with Crippen LogP contribution in [0.25, 0.3) is 0 Å². The van der Waals surface area contributed by atoms with Crippen molar-refractivity contribution in [1.29, 1.82) is 0 Å². The number of rotatable bonds is 2. The lowest BCUT2D eigenvalue weighted by atomic mass is 10.1. The molecule has 2 heterocycles. The SMILES string of the molecule is CC(=O)N1CCN(c2ccc3c(c2)CN(C)CCN3c2ccc(F)cc2F)CC1. The summed E-state index contributed by atoms with van der Waals surface area (Å²) < 4.78 is 27.9. The predicted octanol–water partition coefficient (Wildman–Crippen LogP) is 3.22.